The van der Waals surface area contributed by atoms with E-state index in [-0.39, 0.29) is 5.78 Å². The molecule has 0 amide bonds. The van der Waals surface area contributed by atoms with Gasteiger partial charge in [0, 0.05) is 23.7 Å². The van der Waals surface area contributed by atoms with E-state index in [0.29, 0.717) is 18.7 Å². The van der Waals surface area contributed by atoms with Crippen LogP contribution in [-0.4, -0.2) is 29.9 Å². The number of nitrogens with zero attached hydrogens (tertiary/aromatic N) is 5. The highest BCUT2D eigenvalue weighted by molar-refractivity contribution is 5.99. The Labute approximate surface area is 192 Å². The van der Waals surface area contributed by atoms with Crippen molar-refractivity contribution in [2.75, 3.05) is 0 Å². The zero-order valence-corrected chi connectivity index (χ0v) is 19.2. The van der Waals surface area contributed by atoms with Crippen molar-refractivity contribution < 1.29 is 4.79 Å². The molecule has 6 heteroatoms. The van der Waals surface area contributed by atoms with Crippen LogP contribution in [0.2, 0.25) is 0 Å². The van der Waals surface area contributed by atoms with E-state index in [0.717, 1.165) is 52.0 Å². The molecule has 0 aliphatic rings. The molecule has 4 aromatic heterocycles. The lowest BCUT2D eigenvalue weighted by Crippen LogP contribution is -2.08. The predicted molar refractivity (Wildman–Crippen MR) is 130 cm³/mol. The lowest BCUT2D eigenvalue weighted by molar-refractivity contribution is 0.0987. The quantitative estimate of drug-likeness (QED) is 0.337. The van der Waals surface area contributed by atoms with Gasteiger partial charge in [-0.25, -0.2) is 4.98 Å². The van der Waals surface area contributed by atoms with Gasteiger partial charge in [-0.05, 0) is 61.2 Å². The Morgan fingerprint density at radius 2 is 1.88 bits per heavy atom. The molecule has 0 saturated heterocycles. The number of hydrogen-bond acceptors (Lipinski definition) is 4. The maximum atomic E-state index is 13.3. The number of ketones is 1. The summed E-state index contributed by atoms with van der Waals surface area (Å²) in [4.78, 5) is 22.4. The normalized spacial score (nSPS) is 11.5. The van der Waals surface area contributed by atoms with Gasteiger partial charge in [0.25, 0.3) is 0 Å². The van der Waals surface area contributed by atoms with E-state index < -0.39 is 0 Å². The SMILES string of the molecule is CCc1ccn2c(C(=O)Cc3cccc4c3c(CC)nn4Cc3cccc(C)n3)cnc2c1. The third-order valence-electron chi connectivity index (χ3n) is 6.15. The van der Waals surface area contributed by atoms with E-state index in [1.54, 1.807) is 6.20 Å². The molecule has 0 atom stereocenters. The number of hydrogen-bond donors (Lipinski definition) is 0. The smallest absolute Gasteiger partial charge is 0.185 e. The minimum Gasteiger partial charge on any atom is -0.297 e. The second-order valence-corrected chi connectivity index (χ2v) is 8.40. The Kier molecular flexibility index (Phi) is 5.50. The number of carbonyl (C=O) groups excluding carboxylic acids is 1. The van der Waals surface area contributed by atoms with Crippen molar-refractivity contribution in [2.24, 2.45) is 0 Å². The Bertz CT molecular complexity index is 1480. The molecule has 0 aliphatic carbocycles. The molecule has 33 heavy (non-hydrogen) atoms. The van der Waals surface area contributed by atoms with Crippen LogP contribution in [0.3, 0.4) is 0 Å². The van der Waals surface area contributed by atoms with Crippen LogP contribution in [0.5, 0.6) is 0 Å². The second-order valence-electron chi connectivity index (χ2n) is 8.40. The summed E-state index contributed by atoms with van der Waals surface area (Å²) in [5.74, 6) is 0.0504. The maximum Gasteiger partial charge on any atom is 0.185 e. The molecule has 0 aliphatic heterocycles. The number of pyridine rings is 2. The molecule has 6 nitrogen and oxygen atoms in total. The first-order valence-corrected chi connectivity index (χ1v) is 11.5. The first kappa shape index (κ1) is 21.1. The van der Waals surface area contributed by atoms with Gasteiger partial charge >= 0.3 is 0 Å². The zero-order chi connectivity index (χ0) is 22.9. The fourth-order valence-electron chi connectivity index (χ4n) is 4.45. The van der Waals surface area contributed by atoms with Crippen LogP contribution in [0.1, 0.15) is 52.5 Å². The fraction of sp³-hybridized carbons (Fsp3) is 0.259. The van der Waals surface area contributed by atoms with Crippen molar-refractivity contribution in [1.82, 2.24) is 24.1 Å². The van der Waals surface area contributed by atoms with E-state index in [2.05, 4.69) is 29.9 Å². The molecule has 0 radical (unpaired) electrons. The molecule has 4 heterocycles. The van der Waals surface area contributed by atoms with Gasteiger partial charge in [-0.15, -0.1) is 0 Å². The summed E-state index contributed by atoms with van der Waals surface area (Å²) >= 11 is 0. The van der Waals surface area contributed by atoms with Gasteiger partial charge in [0.15, 0.2) is 5.78 Å². The van der Waals surface area contributed by atoms with Crippen molar-refractivity contribution in [3.05, 3.63) is 94.8 Å². The van der Waals surface area contributed by atoms with Gasteiger partial charge in [-0.2, -0.15) is 5.10 Å². The van der Waals surface area contributed by atoms with Crippen LogP contribution in [0.25, 0.3) is 16.6 Å². The summed E-state index contributed by atoms with van der Waals surface area (Å²) in [5.41, 5.74) is 7.63. The standard InChI is InChI=1S/C27H27N5O/c1-4-19-12-13-31-24(16-28-26(31)14-19)25(33)15-20-9-7-11-23-27(20)22(5-2)30-32(23)17-21-10-6-8-18(3)29-21/h6-14,16H,4-5,15,17H2,1-3H3. The highest BCUT2D eigenvalue weighted by Crippen LogP contribution is 2.26. The molecule has 0 fully saturated rings. The van der Waals surface area contributed by atoms with Crippen molar-refractivity contribution in [1.29, 1.82) is 0 Å². The molecule has 0 saturated carbocycles. The maximum absolute atomic E-state index is 13.3. The highest BCUT2D eigenvalue weighted by Gasteiger charge is 2.18. The van der Waals surface area contributed by atoms with E-state index in [4.69, 9.17) is 5.10 Å². The summed E-state index contributed by atoms with van der Waals surface area (Å²) in [6.45, 7) is 6.81. The summed E-state index contributed by atoms with van der Waals surface area (Å²) in [5, 5.41) is 5.95. The number of Topliss-reactive ketones (excluding diaryl/α,β-unsaturated/α-hetero) is 1. The predicted octanol–water partition coefficient (Wildman–Crippen LogP) is 4.99. The molecule has 0 unspecified atom stereocenters. The van der Waals surface area contributed by atoms with Crippen LogP contribution >= 0.6 is 0 Å². The largest absolute Gasteiger partial charge is 0.297 e. The average molecular weight is 438 g/mol. The Hall–Kier alpha value is -3.80. The lowest BCUT2D eigenvalue weighted by atomic mass is 10.0. The van der Waals surface area contributed by atoms with Gasteiger partial charge in [-0.3, -0.25) is 18.9 Å². The van der Waals surface area contributed by atoms with Crippen LogP contribution < -0.4 is 0 Å². The molecular formula is C27H27N5O. The second kappa shape index (κ2) is 8.62. The molecule has 0 N–H and O–H groups in total. The average Bonchev–Trinajstić information content (AvgIpc) is 3.40. The number of imidazole rings is 1. The zero-order valence-electron chi connectivity index (χ0n) is 19.2. The van der Waals surface area contributed by atoms with E-state index in [9.17, 15) is 4.79 Å². The molecule has 166 valence electrons. The first-order chi connectivity index (χ1) is 16.1. The molecule has 0 bridgehead atoms. The summed E-state index contributed by atoms with van der Waals surface area (Å²) < 4.78 is 3.89. The molecule has 5 rings (SSSR count). The number of aryl methyl sites for hydroxylation is 3. The fourth-order valence-corrected chi connectivity index (χ4v) is 4.45. The molecule has 5 aromatic rings. The van der Waals surface area contributed by atoms with Gasteiger partial charge in [0.2, 0.25) is 0 Å². The number of carbonyl (C=O) groups is 1. The first-order valence-electron chi connectivity index (χ1n) is 11.5. The highest BCUT2D eigenvalue weighted by atomic mass is 16.1. The Balaban J connectivity index is 1.51. The number of aromatic nitrogens is 5. The van der Waals surface area contributed by atoms with Crippen molar-refractivity contribution in [2.45, 2.75) is 46.6 Å². The van der Waals surface area contributed by atoms with Gasteiger partial charge in [-0.1, -0.05) is 32.0 Å². The van der Waals surface area contributed by atoms with E-state index in [1.807, 2.05) is 64.7 Å². The summed E-state index contributed by atoms with van der Waals surface area (Å²) in [6.07, 6.45) is 5.67. The van der Waals surface area contributed by atoms with E-state index >= 15 is 0 Å². The van der Waals surface area contributed by atoms with Crippen molar-refractivity contribution in [3.63, 3.8) is 0 Å². The third-order valence-corrected chi connectivity index (χ3v) is 6.15. The minimum atomic E-state index is 0.0504. The van der Waals surface area contributed by atoms with Crippen LogP contribution in [0.4, 0.5) is 0 Å². The summed E-state index contributed by atoms with van der Waals surface area (Å²) in [6, 6.07) is 16.2. The monoisotopic (exact) mass is 437 g/mol. The van der Waals surface area contributed by atoms with Gasteiger partial charge in [0.1, 0.15) is 11.3 Å². The van der Waals surface area contributed by atoms with Gasteiger partial charge < -0.3 is 0 Å². The van der Waals surface area contributed by atoms with E-state index in [1.165, 1.54) is 5.56 Å². The minimum absolute atomic E-state index is 0.0504. The van der Waals surface area contributed by atoms with Crippen molar-refractivity contribution >= 4 is 22.3 Å². The third kappa shape index (κ3) is 3.93. The van der Waals surface area contributed by atoms with Crippen LogP contribution in [-0.2, 0) is 25.8 Å². The molecule has 1 aromatic carbocycles. The molecule has 0 spiro atoms. The summed E-state index contributed by atoms with van der Waals surface area (Å²) in [7, 11) is 0. The van der Waals surface area contributed by atoms with Gasteiger partial charge in [0.05, 0.1) is 29.6 Å². The number of benzene rings is 1. The lowest BCUT2D eigenvalue weighted by Gasteiger charge is -2.07. The number of fused-ring (bicyclic) bond motifs is 2. The number of rotatable bonds is 7. The van der Waals surface area contributed by atoms with Crippen LogP contribution in [0.15, 0.2) is 60.9 Å². The molecular weight excluding hydrogens is 410 g/mol. The van der Waals surface area contributed by atoms with Crippen LogP contribution in [0, 0.1) is 6.92 Å². The Morgan fingerprint density at radius 1 is 1.03 bits per heavy atom. The van der Waals surface area contributed by atoms with Crippen molar-refractivity contribution in [3.8, 4) is 0 Å². The topological polar surface area (TPSA) is 65.1 Å². The Morgan fingerprint density at radius 3 is 2.67 bits per heavy atom.